The number of carbonyl (C=O) groups is 1. The first-order chi connectivity index (χ1) is 14.2. The van der Waals surface area contributed by atoms with Gasteiger partial charge in [0, 0.05) is 16.8 Å². The molecule has 30 heavy (non-hydrogen) atoms. The summed E-state index contributed by atoms with van der Waals surface area (Å²) in [6, 6.07) is 9.56. The number of rotatable bonds is 10. The van der Waals surface area contributed by atoms with Crippen molar-refractivity contribution in [3.05, 3.63) is 81.5 Å². The molecular formula is C19H20Cl3N5O3. The van der Waals surface area contributed by atoms with Crippen LogP contribution in [0.25, 0.3) is 0 Å². The molecule has 1 heterocycles. The molecule has 1 aromatic heterocycles. The molecule has 0 radical (unpaired) electrons. The van der Waals surface area contributed by atoms with Crippen molar-refractivity contribution < 1.29 is 9.72 Å². The number of hydrogen-bond donors (Lipinski definition) is 3. The van der Waals surface area contributed by atoms with Gasteiger partial charge in [0.1, 0.15) is 6.17 Å². The third-order valence-corrected chi connectivity index (χ3v) is 4.93. The van der Waals surface area contributed by atoms with E-state index in [1.54, 1.807) is 42.6 Å². The number of hydrogen-bond acceptors (Lipinski definition) is 6. The van der Waals surface area contributed by atoms with Gasteiger partial charge in [-0.3, -0.25) is 19.9 Å². The van der Waals surface area contributed by atoms with Crippen LogP contribution in [-0.2, 0) is 0 Å². The predicted octanol–water partition coefficient (Wildman–Crippen LogP) is 4.54. The van der Waals surface area contributed by atoms with Gasteiger partial charge in [0.05, 0.1) is 16.8 Å². The molecule has 0 saturated carbocycles. The zero-order valence-corrected chi connectivity index (χ0v) is 18.2. The Balaban J connectivity index is 2.28. The lowest BCUT2D eigenvalue weighted by Crippen LogP contribution is -2.55. The molecule has 1 atom stereocenters. The fourth-order valence-corrected chi connectivity index (χ4v) is 3.22. The van der Waals surface area contributed by atoms with Gasteiger partial charge in [-0.1, -0.05) is 48.1 Å². The number of halogens is 3. The van der Waals surface area contributed by atoms with E-state index in [2.05, 4.69) is 20.9 Å². The maximum Gasteiger partial charge on any atom is 0.274 e. The summed E-state index contributed by atoms with van der Waals surface area (Å²) in [5.74, 6) is -0.510. The van der Waals surface area contributed by atoms with Gasteiger partial charge in [0.25, 0.3) is 12.1 Å². The minimum atomic E-state index is -1.46. The van der Waals surface area contributed by atoms with E-state index in [0.717, 1.165) is 0 Å². The Labute approximate surface area is 188 Å². The predicted molar refractivity (Wildman–Crippen MR) is 118 cm³/mol. The lowest BCUT2D eigenvalue weighted by atomic mass is 10.1. The van der Waals surface area contributed by atoms with Crippen LogP contribution in [0.1, 0.15) is 30.1 Å². The number of carbonyl (C=O) groups excluding carboxylic acids is 1. The molecule has 160 valence electrons. The monoisotopic (exact) mass is 471 g/mol. The van der Waals surface area contributed by atoms with Crippen molar-refractivity contribution in [2.45, 2.75) is 30.3 Å². The van der Waals surface area contributed by atoms with Gasteiger partial charge < -0.3 is 16.0 Å². The van der Waals surface area contributed by atoms with Crippen LogP contribution < -0.4 is 16.0 Å². The van der Waals surface area contributed by atoms with Gasteiger partial charge >= 0.3 is 0 Å². The first kappa shape index (κ1) is 23.7. The van der Waals surface area contributed by atoms with Gasteiger partial charge in [0.15, 0.2) is 10.2 Å². The Hall–Kier alpha value is -2.55. The number of aromatic nitrogens is 1. The highest BCUT2D eigenvalue weighted by molar-refractivity contribution is 6.49. The number of nitrogens with one attached hydrogen (secondary N) is 3. The largest absolute Gasteiger partial charge is 0.344 e. The van der Waals surface area contributed by atoms with E-state index in [1.807, 2.05) is 6.92 Å². The van der Waals surface area contributed by atoms with Crippen molar-refractivity contribution in [2.24, 2.45) is 0 Å². The first-order valence-corrected chi connectivity index (χ1v) is 10.1. The van der Waals surface area contributed by atoms with E-state index in [1.165, 1.54) is 6.20 Å². The van der Waals surface area contributed by atoms with E-state index < -0.39 is 21.3 Å². The molecular weight excluding hydrogens is 453 g/mol. The zero-order valence-electron chi connectivity index (χ0n) is 15.9. The molecule has 0 aliphatic rings. The fourth-order valence-electron chi connectivity index (χ4n) is 2.50. The van der Waals surface area contributed by atoms with E-state index >= 15 is 0 Å². The smallest absolute Gasteiger partial charge is 0.274 e. The van der Waals surface area contributed by atoms with Crippen LogP contribution in [0.5, 0.6) is 0 Å². The maximum atomic E-state index is 12.7. The van der Waals surface area contributed by atoms with Crippen molar-refractivity contribution in [1.82, 2.24) is 15.6 Å². The Morgan fingerprint density at radius 2 is 1.97 bits per heavy atom. The number of alkyl halides is 2. The summed E-state index contributed by atoms with van der Waals surface area (Å²) in [6.07, 6.45) is 3.63. The third kappa shape index (κ3) is 7.37. The van der Waals surface area contributed by atoms with Gasteiger partial charge in [-0.05, 0) is 42.8 Å². The maximum absolute atomic E-state index is 12.7. The molecule has 3 N–H and O–H groups in total. The summed E-state index contributed by atoms with van der Waals surface area (Å²) in [4.78, 5) is 27.1. The van der Waals surface area contributed by atoms with Crippen molar-refractivity contribution in [2.75, 3.05) is 5.32 Å². The summed E-state index contributed by atoms with van der Waals surface area (Å²) >= 11 is 18.8. The molecule has 11 heteroatoms. The zero-order chi connectivity index (χ0) is 22.1. The summed E-state index contributed by atoms with van der Waals surface area (Å²) in [5, 5.41) is 19.9. The van der Waals surface area contributed by atoms with Crippen LogP contribution in [0.2, 0.25) is 5.02 Å². The van der Waals surface area contributed by atoms with Crippen LogP contribution in [0, 0.1) is 10.1 Å². The number of amides is 1. The Kier molecular flexibility index (Phi) is 8.71. The minimum absolute atomic E-state index is 0.0313. The van der Waals surface area contributed by atoms with E-state index in [9.17, 15) is 14.9 Å². The molecule has 1 unspecified atom stereocenters. The topological polar surface area (TPSA) is 109 Å². The van der Waals surface area contributed by atoms with E-state index in [0.29, 0.717) is 35.3 Å². The number of pyridine rings is 1. The number of nitrogens with zero attached hydrogens (tertiary/aromatic N) is 2. The van der Waals surface area contributed by atoms with Crippen LogP contribution in [0.4, 0.5) is 5.69 Å². The van der Waals surface area contributed by atoms with Crippen LogP contribution >= 0.6 is 34.8 Å². The Morgan fingerprint density at radius 1 is 1.27 bits per heavy atom. The first-order valence-electron chi connectivity index (χ1n) is 8.94. The Bertz CT molecular complexity index is 892. The average Bonchev–Trinajstić information content (AvgIpc) is 2.68. The van der Waals surface area contributed by atoms with Gasteiger partial charge in [-0.25, -0.2) is 0 Å². The summed E-state index contributed by atoms with van der Waals surface area (Å²) in [7, 11) is 0. The molecule has 2 aromatic rings. The minimum Gasteiger partial charge on any atom is -0.344 e. The number of benzene rings is 1. The van der Waals surface area contributed by atoms with E-state index in [-0.39, 0.29) is 5.82 Å². The van der Waals surface area contributed by atoms with Gasteiger partial charge in [-0.2, -0.15) is 0 Å². The normalized spacial score (nSPS) is 12.7. The quantitative estimate of drug-likeness (QED) is 0.203. The highest BCUT2D eigenvalue weighted by Crippen LogP contribution is 2.30. The van der Waals surface area contributed by atoms with Crippen LogP contribution in [-0.4, -0.2) is 26.3 Å². The lowest BCUT2D eigenvalue weighted by molar-refractivity contribution is -0.403. The number of nitro groups is 1. The Morgan fingerprint density at radius 3 is 2.53 bits per heavy atom. The number of anilines is 1. The molecule has 0 aliphatic heterocycles. The molecule has 0 spiro atoms. The summed E-state index contributed by atoms with van der Waals surface area (Å²) in [5.41, 5.74) is 0.818. The average molecular weight is 473 g/mol. The molecule has 0 bridgehead atoms. The van der Waals surface area contributed by atoms with Crippen molar-refractivity contribution >= 4 is 46.4 Å². The van der Waals surface area contributed by atoms with E-state index in [4.69, 9.17) is 34.8 Å². The van der Waals surface area contributed by atoms with Crippen molar-refractivity contribution in [3.63, 3.8) is 0 Å². The third-order valence-electron chi connectivity index (χ3n) is 3.86. The lowest BCUT2D eigenvalue weighted by Gasteiger charge is -2.32. The molecule has 2 rings (SSSR count). The second kappa shape index (κ2) is 11.0. The molecule has 1 aromatic carbocycles. The highest BCUT2D eigenvalue weighted by Gasteiger charge is 2.36. The molecule has 0 fully saturated rings. The summed E-state index contributed by atoms with van der Waals surface area (Å²) in [6.45, 7) is 1.87. The van der Waals surface area contributed by atoms with Gasteiger partial charge in [0.2, 0.25) is 0 Å². The van der Waals surface area contributed by atoms with Crippen LogP contribution in [0.3, 0.4) is 0 Å². The second-order valence-corrected chi connectivity index (χ2v) is 8.24. The SMILES string of the molecule is CCCC(Cl)(Cl)C(NC(=O)c1ccc(Cl)cc1)NC(=C[N+](=O)[O-])Nc1cccnc1. The highest BCUT2D eigenvalue weighted by atomic mass is 35.5. The van der Waals surface area contributed by atoms with Gasteiger partial charge in [-0.15, -0.1) is 0 Å². The second-order valence-electron chi connectivity index (χ2n) is 6.26. The van der Waals surface area contributed by atoms with Crippen molar-refractivity contribution in [1.29, 1.82) is 0 Å². The molecule has 0 aliphatic carbocycles. The molecule has 0 saturated heterocycles. The van der Waals surface area contributed by atoms with Crippen molar-refractivity contribution in [3.8, 4) is 0 Å². The summed E-state index contributed by atoms with van der Waals surface area (Å²) < 4.78 is -1.46. The fraction of sp³-hybridized carbons (Fsp3) is 0.263. The molecule has 8 nitrogen and oxygen atoms in total. The standard InChI is InChI=1S/C19H20Cl3N5O3/c1-2-9-19(21,22)18(26-17(28)13-5-7-14(20)8-6-13)25-16(12-27(29)30)24-15-4-3-10-23-11-15/h3-8,10-12,18,24-25H,2,9H2,1H3,(H,26,28). The van der Waals surface area contributed by atoms with Crippen LogP contribution in [0.15, 0.2) is 60.8 Å². The molecule has 1 amide bonds.